The third-order valence-electron chi connectivity index (χ3n) is 3.28. The van der Waals surface area contributed by atoms with E-state index in [4.69, 9.17) is 10.8 Å². The average Bonchev–Trinajstić information content (AvgIpc) is 2.78. The number of carboxylic acids is 1. The molecule has 1 unspecified atom stereocenters. The minimum absolute atomic E-state index is 0. The molecule has 5 N–H and O–H groups in total. The van der Waals surface area contributed by atoms with E-state index in [1.165, 1.54) is 10.5 Å². The van der Waals surface area contributed by atoms with Crippen LogP contribution in [0.5, 0.6) is 0 Å². The van der Waals surface area contributed by atoms with Gasteiger partial charge in [0, 0.05) is 0 Å². The Morgan fingerprint density at radius 3 is 2.68 bits per heavy atom. The van der Waals surface area contributed by atoms with Gasteiger partial charge in [-0.3, -0.25) is 9.59 Å². The Morgan fingerprint density at radius 2 is 2.05 bits per heavy atom. The maximum absolute atomic E-state index is 11.8. The zero-order valence-corrected chi connectivity index (χ0v) is 10.5. The van der Waals surface area contributed by atoms with Gasteiger partial charge in [0.15, 0.2) is 0 Å². The van der Waals surface area contributed by atoms with Gasteiger partial charge in [-0.1, -0.05) is 24.3 Å². The number of carbonyl (C=O) groups is 2. The molecule has 6 nitrogen and oxygen atoms in total. The van der Waals surface area contributed by atoms with Gasteiger partial charge in [-0.2, -0.15) is 0 Å². The molecular weight excluding hydrogens is 248 g/mol. The molecule has 6 heteroatoms. The summed E-state index contributed by atoms with van der Waals surface area (Å²) in [5, 5.41) is 8.90. The fourth-order valence-corrected chi connectivity index (χ4v) is 2.49. The number of fused-ring (bicyclic) bond motifs is 1. The number of benzene rings is 1. The van der Waals surface area contributed by atoms with E-state index in [0.29, 0.717) is 0 Å². The molecule has 1 aliphatic rings. The monoisotopic (exact) mass is 266 g/mol. The number of nitrogens with zero attached hydrogens (tertiary/aromatic N) is 1. The average molecular weight is 266 g/mol. The van der Waals surface area contributed by atoms with Gasteiger partial charge in [0.2, 0.25) is 5.91 Å². The Morgan fingerprint density at radius 1 is 1.37 bits per heavy atom. The van der Waals surface area contributed by atoms with Crippen LogP contribution >= 0.6 is 0 Å². The number of nitrogens with two attached hydrogens (primary N) is 1. The number of hydrogen-bond acceptors (Lipinski definition) is 3. The van der Waals surface area contributed by atoms with Gasteiger partial charge in [-0.15, -0.1) is 0 Å². The Labute approximate surface area is 111 Å². The predicted octanol–water partition coefficient (Wildman–Crippen LogP) is -0.279. The number of hydrogen-bond donors (Lipinski definition) is 2. The number of amides is 1. The van der Waals surface area contributed by atoms with Crippen molar-refractivity contribution in [3.63, 3.8) is 0 Å². The standard InChI is InChI=1S/C13H16N2O3.H2O/c14-7-12(16)15(8-13(17)18)11-6-5-9-3-1-2-4-10(9)11;/h1-4,11H,5-8,14H2,(H,17,18);1H2. The van der Waals surface area contributed by atoms with Gasteiger partial charge in [0.05, 0.1) is 12.6 Å². The summed E-state index contributed by atoms with van der Waals surface area (Å²) >= 11 is 0. The minimum atomic E-state index is -1.01. The first-order valence-electron chi connectivity index (χ1n) is 5.92. The molecule has 0 saturated carbocycles. The molecule has 0 spiro atoms. The Bertz CT molecular complexity index is 475. The second-order valence-electron chi connectivity index (χ2n) is 4.37. The van der Waals surface area contributed by atoms with Crippen molar-refractivity contribution in [3.05, 3.63) is 35.4 Å². The molecule has 0 bridgehead atoms. The van der Waals surface area contributed by atoms with Crippen LogP contribution in [0, 0.1) is 0 Å². The van der Waals surface area contributed by atoms with Crippen LogP contribution in [0.25, 0.3) is 0 Å². The Hall–Kier alpha value is -1.92. The lowest BCUT2D eigenvalue weighted by atomic mass is 10.1. The van der Waals surface area contributed by atoms with E-state index >= 15 is 0 Å². The molecule has 0 aliphatic heterocycles. The maximum Gasteiger partial charge on any atom is 0.323 e. The van der Waals surface area contributed by atoms with Gasteiger partial charge < -0.3 is 21.2 Å². The lowest BCUT2D eigenvalue weighted by Crippen LogP contribution is -2.41. The molecule has 1 amide bonds. The highest BCUT2D eigenvalue weighted by Crippen LogP contribution is 2.35. The van der Waals surface area contributed by atoms with E-state index in [9.17, 15) is 9.59 Å². The van der Waals surface area contributed by atoms with Gasteiger partial charge in [-0.05, 0) is 24.0 Å². The Balaban J connectivity index is 0.00000180. The smallest absolute Gasteiger partial charge is 0.323 e. The molecule has 2 rings (SSSR count). The molecule has 0 fully saturated rings. The Kier molecular flexibility index (Phi) is 5.02. The number of carbonyl (C=O) groups excluding carboxylic acids is 1. The summed E-state index contributed by atoms with van der Waals surface area (Å²) in [7, 11) is 0. The number of carboxylic acid groups (broad SMARTS) is 1. The molecule has 19 heavy (non-hydrogen) atoms. The lowest BCUT2D eigenvalue weighted by molar-refractivity contribution is -0.145. The fourth-order valence-electron chi connectivity index (χ4n) is 2.49. The zero-order chi connectivity index (χ0) is 13.1. The van der Waals surface area contributed by atoms with Crippen LogP contribution in [0.3, 0.4) is 0 Å². The zero-order valence-electron chi connectivity index (χ0n) is 10.5. The highest BCUT2D eigenvalue weighted by molar-refractivity contribution is 5.83. The first kappa shape index (κ1) is 15.1. The second-order valence-corrected chi connectivity index (χ2v) is 4.37. The molecule has 0 heterocycles. The summed E-state index contributed by atoms with van der Waals surface area (Å²) in [6, 6.07) is 7.66. The second kappa shape index (κ2) is 6.31. The molecule has 0 radical (unpaired) electrons. The summed E-state index contributed by atoms with van der Waals surface area (Å²) in [6.07, 6.45) is 1.63. The van der Waals surface area contributed by atoms with Crippen LogP contribution in [0.4, 0.5) is 0 Å². The van der Waals surface area contributed by atoms with E-state index in [0.717, 1.165) is 18.4 Å². The predicted molar refractivity (Wildman–Crippen MR) is 69.5 cm³/mol. The highest BCUT2D eigenvalue weighted by atomic mass is 16.4. The van der Waals surface area contributed by atoms with Crippen molar-refractivity contribution in [2.75, 3.05) is 13.1 Å². The van der Waals surface area contributed by atoms with Crippen molar-refractivity contribution < 1.29 is 20.2 Å². The van der Waals surface area contributed by atoms with E-state index < -0.39 is 5.97 Å². The SMILES string of the molecule is NCC(=O)N(CC(=O)O)C1CCc2ccccc21.O. The summed E-state index contributed by atoms with van der Waals surface area (Å²) in [5.74, 6) is -1.33. The quantitative estimate of drug-likeness (QED) is 0.779. The van der Waals surface area contributed by atoms with Crippen molar-refractivity contribution in [1.29, 1.82) is 0 Å². The summed E-state index contributed by atoms with van der Waals surface area (Å²) in [4.78, 5) is 24.0. The molecule has 1 aliphatic carbocycles. The first-order valence-corrected chi connectivity index (χ1v) is 5.92. The van der Waals surface area contributed by atoms with Crippen molar-refractivity contribution in [2.24, 2.45) is 5.73 Å². The van der Waals surface area contributed by atoms with Crippen LogP contribution < -0.4 is 5.73 Å². The van der Waals surface area contributed by atoms with E-state index in [-0.39, 0.29) is 30.5 Å². The van der Waals surface area contributed by atoms with E-state index in [2.05, 4.69) is 0 Å². The molecule has 0 saturated heterocycles. The molecule has 1 aromatic carbocycles. The fraction of sp³-hybridized carbons (Fsp3) is 0.385. The van der Waals surface area contributed by atoms with E-state index in [1.54, 1.807) is 0 Å². The van der Waals surface area contributed by atoms with Crippen LogP contribution in [0.15, 0.2) is 24.3 Å². The summed E-state index contributed by atoms with van der Waals surface area (Å²) in [5.41, 5.74) is 7.58. The van der Waals surface area contributed by atoms with Crippen molar-refractivity contribution in [2.45, 2.75) is 18.9 Å². The highest BCUT2D eigenvalue weighted by Gasteiger charge is 2.31. The normalized spacial score (nSPS) is 16.4. The lowest BCUT2D eigenvalue weighted by Gasteiger charge is -2.27. The molecule has 0 aromatic heterocycles. The topological polar surface area (TPSA) is 115 Å². The van der Waals surface area contributed by atoms with Crippen LogP contribution in [0.1, 0.15) is 23.6 Å². The number of rotatable bonds is 4. The third kappa shape index (κ3) is 3.10. The van der Waals surface area contributed by atoms with E-state index in [1.807, 2.05) is 24.3 Å². The van der Waals surface area contributed by atoms with Crippen LogP contribution in [0.2, 0.25) is 0 Å². The minimum Gasteiger partial charge on any atom is -0.480 e. The molecule has 104 valence electrons. The van der Waals surface area contributed by atoms with Crippen molar-refractivity contribution in [3.8, 4) is 0 Å². The van der Waals surface area contributed by atoms with Crippen molar-refractivity contribution >= 4 is 11.9 Å². The number of aliphatic carboxylic acids is 1. The van der Waals surface area contributed by atoms with Gasteiger partial charge in [0.1, 0.15) is 6.54 Å². The summed E-state index contributed by atoms with van der Waals surface area (Å²) in [6.45, 7) is -0.457. The molecule has 1 aromatic rings. The van der Waals surface area contributed by atoms with Crippen molar-refractivity contribution in [1.82, 2.24) is 4.90 Å². The summed E-state index contributed by atoms with van der Waals surface area (Å²) < 4.78 is 0. The maximum atomic E-state index is 11.8. The van der Waals surface area contributed by atoms with Crippen LogP contribution in [-0.2, 0) is 16.0 Å². The van der Waals surface area contributed by atoms with Gasteiger partial charge in [0.25, 0.3) is 0 Å². The molecular formula is C13H18N2O4. The molecule has 1 atom stereocenters. The number of aryl methyl sites for hydroxylation is 1. The largest absolute Gasteiger partial charge is 0.480 e. The first-order chi connectivity index (χ1) is 8.63. The van der Waals surface area contributed by atoms with Crippen LogP contribution in [-0.4, -0.2) is 40.4 Å². The van der Waals surface area contributed by atoms with Gasteiger partial charge >= 0.3 is 5.97 Å². The van der Waals surface area contributed by atoms with Gasteiger partial charge in [-0.25, -0.2) is 0 Å². The third-order valence-corrected chi connectivity index (χ3v) is 3.28.